The fraction of sp³-hybridized carbons (Fsp3) is 0.483. The molecule has 194 valence electrons. The van der Waals surface area contributed by atoms with E-state index in [9.17, 15) is 14.4 Å². The van der Waals surface area contributed by atoms with Crippen molar-refractivity contribution in [2.75, 3.05) is 5.32 Å². The first-order chi connectivity index (χ1) is 16.9. The maximum atomic E-state index is 14.1. The highest BCUT2D eigenvalue weighted by molar-refractivity contribution is 5.99. The quantitative estimate of drug-likeness (QED) is 0.511. The van der Waals surface area contributed by atoms with Crippen LogP contribution in [0.15, 0.2) is 54.6 Å². The Morgan fingerprint density at radius 1 is 1.00 bits per heavy atom. The third-order valence-corrected chi connectivity index (χ3v) is 6.33. The van der Waals surface area contributed by atoms with Crippen LogP contribution in [-0.2, 0) is 14.3 Å². The van der Waals surface area contributed by atoms with Crippen LogP contribution in [0.1, 0.15) is 65.1 Å². The maximum Gasteiger partial charge on any atom is 0.408 e. The number of benzene rings is 2. The smallest absolute Gasteiger partial charge is 0.408 e. The van der Waals surface area contributed by atoms with Gasteiger partial charge in [-0.2, -0.15) is 0 Å². The number of nitrogens with one attached hydrogen (secondary N) is 2. The summed E-state index contributed by atoms with van der Waals surface area (Å²) in [5, 5.41) is 5.81. The number of carbonyl (C=O) groups is 3. The number of ether oxygens (including phenoxy) is 1. The Kier molecular flexibility index (Phi) is 8.43. The Labute approximate surface area is 214 Å². The maximum absolute atomic E-state index is 14.1. The molecule has 7 nitrogen and oxygen atoms in total. The molecule has 0 aliphatic heterocycles. The van der Waals surface area contributed by atoms with Crippen molar-refractivity contribution in [1.29, 1.82) is 0 Å². The number of carbonyl (C=O) groups excluding carboxylic acids is 3. The van der Waals surface area contributed by atoms with Crippen LogP contribution >= 0.6 is 0 Å². The molecule has 1 saturated carbocycles. The molecule has 4 unspecified atom stereocenters. The Morgan fingerprint density at radius 3 is 2.11 bits per heavy atom. The van der Waals surface area contributed by atoms with Crippen molar-refractivity contribution >= 4 is 23.6 Å². The number of para-hydroxylation sites is 1. The van der Waals surface area contributed by atoms with Crippen LogP contribution < -0.4 is 10.6 Å². The van der Waals surface area contributed by atoms with Gasteiger partial charge in [0, 0.05) is 11.7 Å². The van der Waals surface area contributed by atoms with E-state index in [4.69, 9.17) is 4.74 Å². The molecule has 2 N–H and O–H groups in total. The topological polar surface area (TPSA) is 87.7 Å². The van der Waals surface area contributed by atoms with E-state index in [0.29, 0.717) is 5.69 Å². The first-order valence-electron chi connectivity index (χ1n) is 12.6. The van der Waals surface area contributed by atoms with E-state index in [2.05, 4.69) is 17.6 Å². The number of aryl methyl sites for hydroxylation is 1. The predicted molar refractivity (Wildman–Crippen MR) is 141 cm³/mol. The van der Waals surface area contributed by atoms with Crippen LogP contribution in [0.25, 0.3) is 0 Å². The summed E-state index contributed by atoms with van der Waals surface area (Å²) >= 11 is 0. The van der Waals surface area contributed by atoms with Gasteiger partial charge in [0.05, 0.1) is 0 Å². The van der Waals surface area contributed by atoms with Gasteiger partial charge in [-0.3, -0.25) is 9.59 Å². The van der Waals surface area contributed by atoms with Crippen LogP contribution in [0.5, 0.6) is 0 Å². The van der Waals surface area contributed by atoms with Crippen LogP contribution in [0.4, 0.5) is 10.5 Å². The van der Waals surface area contributed by atoms with Crippen molar-refractivity contribution in [3.63, 3.8) is 0 Å². The molecule has 2 aromatic carbocycles. The van der Waals surface area contributed by atoms with Gasteiger partial charge in [-0.15, -0.1) is 0 Å². The molecule has 0 bridgehead atoms. The van der Waals surface area contributed by atoms with Gasteiger partial charge in [-0.25, -0.2) is 4.79 Å². The zero-order valence-corrected chi connectivity index (χ0v) is 22.4. The number of hydrogen-bond donors (Lipinski definition) is 2. The Balaban J connectivity index is 1.99. The van der Waals surface area contributed by atoms with E-state index in [0.717, 1.165) is 17.5 Å². The number of rotatable bonds is 8. The lowest BCUT2D eigenvalue weighted by molar-refractivity contribution is -0.142. The summed E-state index contributed by atoms with van der Waals surface area (Å²) in [5.41, 5.74) is 1.66. The number of alkyl carbamates (subject to hydrolysis) is 1. The average molecular weight is 494 g/mol. The second-order valence-electron chi connectivity index (χ2n) is 11.0. The zero-order valence-electron chi connectivity index (χ0n) is 22.4. The van der Waals surface area contributed by atoms with E-state index >= 15 is 0 Å². The molecule has 0 heterocycles. The molecule has 1 aliphatic carbocycles. The van der Waals surface area contributed by atoms with Gasteiger partial charge >= 0.3 is 6.09 Å². The molecular formula is C29H39N3O4. The highest BCUT2D eigenvalue weighted by Gasteiger charge is 2.48. The molecule has 7 heteroatoms. The molecule has 0 spiro atoms. The third-order valence-electron chi connectivity index (χ3n) is 6.33. The molecule has 36 heavy (non-hydrogen) atoms. The molecule has 3 rings (SSSR count). The Morgan fingerprint density at radius 2 is 1.58 bits per heavy atom. The predicted octanol–water partition coefficient (Wildman–Crippen LogP) is 5.46. The highest BCUT2D eigenvalue weighted by Crippen LogP contribution is 2.41. The van der Waals surface area contributed by atoms with Crippen LogP contribution in [0, 0.1) is 18.8 Å². The lowest BCUT2D eigenvalue weighted by atomic mass is 9.98. The molecule has 0 radical (unpaired) electrons. The van der Waals surface area contributed by atoms with Gasteiger partial charge in [0.2, 0.25) is 5.91 Å². The lowest BCUT2D eigenvalue weighted by Gasteiger charge is -2.36. The molecule has 1 fully saturated rings. The van der Waals surface area contributed by atoms with E-state index in [1.54, 1.807) is 25.7 Å². The number of nitrogens with zero attached hydrogens (tertiary/aromatic N) is 1. The molecule has 4 atom stereocenters. The number of anilines is 1. The van der Waals surface area contributed by atoms with Crippen LogP contribution in [0.2, 0.25) is 0 Å². The largest absolute Gasteiger partial charge is 0.444 e. The summed E-state index contributed by atoms with van der Waals surface area (Å²) < 4.78 is 5.43. The molecule has 3 amide bonds. The SMILES string of the molecule is Cc1ccccc1NC(=O)C(c1ccccc1)N(C(=O)C(NC(=O)OC(C)(C)C)C(C)C)C1CC1C. The van der Waals surface area contributed by atoms with Gasteiger partial charge < -0.3 is 20.3 Å². The molecule has 1 aliphatic rings. The number of amides is 3. The molecule has 0 saturated heterocycles. The first kappa shape index (κ1) is 27.2. The minimum absolute atomic E-state index is 0.105. The lowest BCUT2D eigenvalue weighted by Crippen LogP contribution is -2.55. The average Bonchev–Trinajstić information content (AvgIpc) is 3.51. The first-order valence-corrected chi connectivity index (χ1v) is 12.6. The minimum atomic E-state index is -0.852. The molecule has 0 aromatic heterocycles. The Hall–Kier alpha value is -3.35. The van der Waals surface area contributed by atoms with Crippen LogP contribution in [-0.4, -0.2) is 40.5 Å². The van der Waals surface area contributed by atoms with E-state index in [-0.39, 0.29) is 29.7 Å². The summed E-state index contributed by atoms with van der Waals surface area (Å²) in [6, 6.07) is 15.1. The second kappa shape index (κ2) is 11.1. The summed E-state index contributed by atoms with van der Waals surface area (Å²) in [6.45, 7) is 13.1. The highest BCUT2D eigenvalue weighted by atomic mass is 16.6. The van der Waals surface area contributed by atoms with Crippen molar-refractivity contribution in [2.24, 2.45) is 11.8 Å². The standard InChI is InChI=1S/C29H39N3O4/c1-18(2)24(31-28(35)36-29(5,6)7)27(34)32(23-17-20(23)4)25(21-14-9-8-10-15-21)26(33)30-22-16-12-11-13-19(22)3/h8-16,18,20,23-25H,17H2,1-7H3,(H,30,33)(H,31,35). The summed E-state index contributed by atoms with van der Waals surface area (Å²) in [4.78, 5) is 42.3. The van der Waals surface area contributed by atoms with Crippen molar-refractivity contribution < 1.29 is 19.1 Å². The van der Waals surface area contributed by atoms with Crippen molar-refractivity contribution in [3.8, 4) is 0 Å². The van der Waals surface area contributed by atoms with Gasteiger partial charge in [0.15, 0.2) is 0 Å². The van der Waals surface area contributed by atoms with Crippen LogP contribution in [0.3, 0.4) is 0 Å². The van der Waals surface area contributed by atoms with E-state index in [1.807, 2.05) is 75.4 Å². The van der Waals surface area contributed by atoms with Crippen molar-refractivity contribution in [1.82, 2.24) is 10.2 Å². The summed E-state index contributed by atoms with van der Waals surface area (Å²) in [7, 11) is 0. The van der Waals surface area contributed by atoms with E-state index in [1.165, 1.54) is 0 Å². The monoisotopic (exact) mass is 493 g/mol. The van der Waals surface area contributed by atoms with Gasteiger partial charge in [0.25, 0.3) is 5.91 Å². The minimum Gasteiger partial charge on any atom is -0.444 e. The second-order valence-corrected chi connectivity index (χ2v) is 11.0. The zero-order chi connectivity index (χ0) is 26.6. The molecule has 2 aromatic rings. The van der Waals surface area contributed by atoms with Crippen molar-refractivity contribution in [3.05, 3.63) is 65.7 Å². The fourth-order valence-electron chi connectivity index (χ4n) is 4.27. The normalized spacial score (nSPS) is 18.7. The summed E-state index contributed by atoms with van der Waals surface area (Å²) in [5.74, 6) is -0.542. The van der Waals surface area contributed by atoms with Gasteiger partial charge in [0.1, 0.15) is 17.7 Å². The Bertz CT molecular complexity index is 1080. The van der Waals surface area contributed by atoms with Gasteiger partial charge in [-0.1, -0.05) is 69.3 Å². The van der Waals surface area contributed by atoms with Gasteiger partial charge in [-0.05, 0) is 63.1 Å². The third kappa shape index (κ3) is 6.86. The molecular weight excluding hydrogens is 454 g/mol. The summed E-state index contributed by atoms with van der Waals surface area (Å²) in [6.07, 6.45) is 0.142. The van der Waals surface area contributed by atoms with E-state index < -0.39 is 23.8 Å². The fourth-order valence-corrected chi connectivity index (χ4v) is 4.27. The number of hydrogen-bond acceptors (Lipinski definition) is 4. The van der Waals surface area contributed by atoms with Crippen molar-refractivity contribution in [2.45, 2.75) is 78.6 Å².